The summed E-state index contributed by atoms with van der Waals surface area (Å²) in [5, 5.41) is 13.5. The van der Waals surface area contributed by atoms with Crippen molar-refractivity contribution in [2.75, 3.05) is 18.1 Å². The summed E-state index contributed by atoms with van der Waals surface area (Å²) >= 11 is 3.42. The molecule has 2 heterocycles. The average Bonchev–Trinajstić information content (AvgIpc) is 3.07. The van der Waals surface area contributed by atoms with Crippen LogP contribution in [0.2, 0.25) is 0 Å². The molecule has 0 radical (unpaired) electrons. The van der Waals surface area contributed by atoms with Crippen molar-refractivity contribution in [2.45, 2.75) is 13.0 Å². The Morgan fingerprint density at radius 1 is 1.29 bits per heavy atom. The second-order valence-corrected chi connectivity index (χ2v) is 6.15. The number of hydrogen-bond donors (Lipinski definition) is 1. The second kappa shape index (κ2) is 5.99. The molecule has 1 N–H and O–H groups in total. The molecule has 110 valence electrons. The van der Waals surface area contributed by atoms with E-state index in [9.17, 15) is 9.90 Å². The molecule has 3 rings (SSSR count). The van der Waals surface area contributed by atoms with Crippen LogP contribution in [0.4, 0.5) is 5.82 Å². The van der Waals surface area contributed by atoms with Gasteiger partial charge in [-0.3, -0.25) is 9.69 Å². The number of halogens is 1. The number of aromatic nitrogens is 2. The largest absolute Gasteiger partial charge is 0.396 e. The lowest BCUT2D eigenvalue weighted by Gasteiger charge is -2.18. The highest BCUT2D eigenvalue weighted by Gasteiger charge is 2.31. The molecule has 5 nitrogen and oxygen atoms in total. The molecule has 1 aliphatic heterocycles. The van der Waals surface area contributed by atoms with E-state index < -0.39 is 0 Å². The Bertz CT molecular complexity index is 639. The molecule has 0 aliphatic carbocycles. The Morgan fingerprint density at radius 3 is 2.71 bits per heavy atom. The average molecular weight is 350 g/mol. The highest BCUT2D eigenvalue weighted by Crippen LogP contribution is 2.25. The van der Waals surface area contributed by atoms with Crippen molar-refractivity contribution in [3.05, 3.63) is 46.6 Å². The summed E-state index contributed by atoms with van der Waals surface area (Å²) in [5.74, 6) is 0.860. The molecule has 1 amide bonds. The van der Waals surface area contributed by atoms with Gasteiger partial charge in [0.25, 0.3) is 0 Å². The van der Waals surface area contributed by atoms with Gasteiger partial charge in [0.15, 0.2) is 0 Å². The van der Waals surface area contributed by atoms with Gasteiger partial charge in [0.05, 0.1) is 12.7 Å². The molecule has 1 fully saturated rings. The van der Waals surface area contributed by atoms with E-state index in [1.54, 1.807) is 11.1 Å². The molecule has 2 aromatic rings. The normalized spacial score (nSPS) is 18.5. The lowest BCUT2D eigenvalue weighted by molar-refractivity contribution is -0.117. The Balaban J connectivity index is 1.81. The van der Waals surface area contributed by atoms with Gasteiger partial charge in [-0.15, -0.1) is 0 Å². The maximum absolute atomic E-state index is 12.1. The van der Waals surface area contributed by atoms with Crippen LogP contribution in [0.25, 0.3) is 0 Å². The van der Waals surface area contributed by atoms with Crippen molar-refractivity contribution in [2.24, 2.45) is 5.92 Å². The molecule has 0 bridgehead atoms. The third-order valence-electron chi connectivity index (χ3n) is 3.68. The van der Waals surface area contributed by atoms with Crippen molar-refractivity contribution in [3.63, 3.8) is 0 Å². The topological polar surface area (TPSA) is 58.4 Å². The van der Waals surface area contributed by atoms with Crippen LogP contribution in [0.15, 0.2) is 41.0 Å². The summed E-state index contributed by atoms with van der Waals surface area (Å²) in [6.07, 6.45) is 2.10. The summed E-state index contributed by atoms with van der Waals surface area (Å²) < 4.78 is 2.86. The number of nitrogens with zero attached hydrogens (tertiary/aromatic N) is 3. The fourth-order valence-electron chi connectivity index (χ4n) is 2.56. The van der Waals surface area contributed by atoms with Crippen LogP contribution in [-0.4, -0.2) is 33.9 Å². The van der Waals surface area contributed by atoms with Crippen molar-refractivity contribution >= 4 is 27.7 Å². The molecule has 21 heavy (non-hydrogen) atoms. The standard InChI is InChI=1S/C15H16BrN3O2/c16-13-3-1-11(2-4-13)9-19-14(5-6-17-19)18-8-12(10-20)7-15(18)21/h1-6,12,20H,7-10H2. The molecule has 1 saturated heterocycles. The van der Waals surface area contributed by atoms with E-state index >= 15 is 0 Å². The van der Waals surface area contributed by atoms with Gasteiger partial charge in [-0.2, -0.15) is 5.10 Å². The van der Waals surface area contributed by atoms with Crippen LogP contribution in [0.1, 0.15) is 12.0 Å². The first-order valence-corrected chi connectivity index (χ1v) is 7.64. The second-order valence-electron chi connectivity index (χ2n) is 5.23. The monoisotopic (exact) mass is 349 g/mol. The minimum Gasteiger partial charge on any atom is -0.396 e. The minimum atomic E-state index is 0.0218. The highest BCUT2D eigenvalue weighted by atomic mass is 79.9. The van der Waals surface area contributed by atoms with Crippen molar-refractivity contribution in [3.8, 4) is 0 Å². The van der Waals surface area contributed by atoms with Gasteiger partial charge in [0.2, 0.25) is 5.91 Å². The first kappa shape index (κ1) is 14.3. The number of hydrogen-bond acceptors (Lipinski definition) is 3. The SMILES string of the molecule is O=C1CC(CO)CN1c1ccnn1Cc1ccc(Br)cc1. The van der Waals surface area contributed by atoms with E-state index in [1.165, 1.54) is 0 Å². The number of benzene rings is 1. The van der Waals surface area contributed by atoms with E-state index in [0.29, 0.717) is 19.5 Å². The number of anilines is 1. The fourth-order valence-corrected chi connectivity index (χ4v) is 2.83. The Kier molecular flexibility index (Phi) is 4.07. The Morgan fingerprint density at radius 2 is 2.05 bits per heavy atom. The van der Waals surface area contributed by atoms with Crippen LogP contribution in [0.3, 0.4) is 0 Å². The quantitative estimate of drug-likeness (QED) is 0.918. The van der Waals surface area contributed by atoms with E-state index in [2.05, 4.69) is 21.0 Å². The van der Waals surface area contributed by atoms with Crippen LogP contribution in [0, 0.1) is 5.92 Å². The van der Waals surface area contributed by atoms with Gasteiger partial charge in [0.1, 0.15) is 5.82 Å². The molecule has 1 atom stereocenters. The Labute approximate surface area is 131 Å². The van der Waals surface area contributed by atoms with E-state index in [4.69, 9.17) is 0 Å². The summed E-state index contributed by atoms with van der Waals surface area (Å²) in [7, 11) is 0. The number of rotatable bonds is 4. The lowest BCUT2D eigenvalue weighted by atomic mass is 10.1. The summed E-state index contributed by atoms with van der Waals surface area (Å²) in [5.41, 5.74) is 1.12. The maximum Gasteiger partial charge on any atom is 0.228 e. The van der Waals surface area contributed by atoms with Crippen LogP contribution >= 0.6 is 15.9 Å². The number of amides is 1. The van der Waals surface area contributed by atoms with Crippen LogP contribution in [0.5, 0.6) is 0 Å². The van der Waals surface area contributed by atoms with E-state index in [1.807, 2.05) is 35.0 Å². The first-order chi connectivity index (χ1) is 10.2. The van der Waals surface area contributed by atoms with Gasteiger partial charge in [-0.1, -0.05) is 28.1 Å². The van der Waals surface area contributed by atoms with Gasteiger partial charge in [0, 0.05) is 36.0 Å². The van der Waals surface area contributed by atoms with E-state index in [-0.39, 0.29) is 18.4 Å². The molecular weight excluding hydrogens is 334 g/mol. The number of carbonyl (C=O) groups excluding carboxylic acids is 1. The summed E-state index contributed by atoms with van der Waals surface area (Å²) in [6.45, 7) is 1.22. The highest BCUT2D eigenvalue weighted by molar-refractivity contribution is 9.10. The molecule has 1 aromatic heterocycles. The predicted octanol–water partition coefficient (Wildman–Crippen LogP) is 2.04. The zero-order chi connectivity index (χ0) is 14.8. The first-order valence-electron chi connectivity index (χ1n) is 6.85. The fraction of sp³-hybridized carbons (Fsp3) is 0.333. The number of aliphatic hydroxyl groups excluding tert-OH is 1. The maximum atomic E-state index is 12.1. The molecule has 1 unspecified atom stereocenters. The van der Waals surface area contributed by atoms with Crippen molar-refractivity contribution in [1.82, 2.24) is 9.78 Å². The van der Waals surface area contributed by atoms with Gasteiger partial charge >= 0.3 is 0 Å². The Hall–Kier alpha value is -1.66. The van der Waals surface area contributed by atoms with E-state index in [0.717, 1.165) is 15.9 Å². The van der Waals surface area contributed by atoms with Crippen LogP contribution in [-0.2, 0) is 11.3 Å². The number of carbonyl (C=O) groups is 1. The molecule has 1 aromatic carbocycles. The third-order valence-corrected chi connectivity index (χ3v) is 4.21. The third kappa shape index (κ3) is 3.01. The molecule has 0 saturated carbocycles. The van der Waals surface area contributed by atoms with Crippen molar-refractivity contribution in [1.29, 1.82) is 0 Å². The zero-order valence-electron chi connectivity index (χ0n) is 11.4. The van der Waals surface area contributed by atoms with Gasteiger partial charge in [-0.25, -0.2) is 4.68 Å². The molecular formula is C15H16BrN3O2. The zero-order valence-corrected chi connectivity index (χ0v) is 13.0. The van der Waals surface area contributed by atoms with Crippen LogP contribution < -0.4 is 4.90 Å². The molecule has 0 spiro atoms. The van der Waals surface area contributed by atoms with Gasteiger partial charge < -0.3 is 5.11 Å². The predicted molar refractivity (Wildman–Crippen MR) is 83.0 cm³/mol. The van der Waals surface area contributed by atoms with Gasteiger partial charge in [-0.05, 0) is 17.7 Å². The summed E-state index contributed by atoms with van der Waals surface area (Å²) in [6, 6.07) is 9.87. The minimum absolute atomic E-state index is 0.0218. The van der Waals surface area contributed by atoms with Crippen molar-refractivity contribution < 1.29 is 9.90 Å². The smallest absolute Gasteiger partial charge is 0.228 e. The summed E-state index contributed by atoms with van der Waals surface area (Å²) in [4.78, 5) is 13.8. The number of aliphatic hydroxyl groups is 1. The lowest BCUT2D eigenvalue weighted by Crippen LogP contribution is -2.27. The molecule has 6 heteroatoms. The molecule has 1 aliphatic rings.